The quantitative estimate of drug-likeness (QED) is 0.436. The SMILES string of the molecule is CCCCCCCOc1ccc(C(=O)Nc2cccc(OCC(C)C)c2)cc1. The van der Waals surface area contributed by atoms with Crippen LogP contribution in [0.25, 0.3) is 0 Å². The van der Waals surface area contributed by atoms with Crippen LogP contribution in [0.5, 0.6) is 11.5 Å². The Morgan fingerprint density at radius 2 is 1.68 bits per heavy atom. The summed E-state index contributed by atoms with van der Waals surface area (Å²) in [5.74, 6) is 1.87. The molecule has 28 heavy (non-hydrogen) atoms. The van der Waals surface area contributed by atoms with E-state index < -0.39 is 0 Å². The Kier molecular flexibility index (Phi) is 9.40. The van der Waals surface area contributed by atoms with Crippen LogP contribution in [0.2, 0.25) is 0 Å². The molecule has 0 unspecified atom stereocenters. The van der Waals surface area contributed by atoms with E-state index in [1.165, 1.54) is 25.7 Å². The van der Waals surface area contributed by atoms with Crippen LogP contribution in [0.15, 0.2) is 48.5 Å². The lowest BCUT2D eigenvalue weighted by atomic mass is 10.1. The fraction of sp³-hybridized carbons (Fsp3) is 0.458. The van der Waals surface area contributed by atoms with E-state index in [0.29, 0.717) is 18.1 Å². The predicted octanol–water partition coefficient (Wildman–Crippen LogP) is 6.32. The minimum atomic E-state index is -0.146. The van der Waals surface area contributed by atoms with Crippen LogP contribution in [-0.2, 0) is 0 Å². The van der Waals surface area contributed by atoms with Crippen molar-refractivity contribution in [3.63, 3.8) is 0 Å². The van der Waals surface area contributed by atoms with Gasteiger partial charge in [0.15, 0.2) is 0 Å². The predicted molar refractivity (Wildman–Crippen MR) is 115 cm³/mol. The first-order valence-corrected chi connectivity index (χ1v) is 10.4. The van der Waals surface area contributed by atoms with Crippen LogP contribution in [0.3, 0.4) is 0 Å². The van der Waals surface area contributed by atoms with E-state index >= 15 is 0 Å². The molecule has 0 spiro atoms. The minimum absolute atomic E-state index is 0.146. The molecular formula is C24H33NO3. The minimum Gasteiger partial charge on any atom is -0.494 e. The lowest BCUT2D eigenvalue weighted by Crippen LogP contribution is -2.12. The van der Waals surface area contributed by atoms with Gasteiger partial charge in [0.1, 0.15) is 11.5 Å². The van der Waals surface area contributed by atoms with Gasteiger partial charge in [-0.25, -0.2) is 0 Å². The summed E-state index contributed by atoms with van der Waals surface area (Å²) >= 11 is 0. The number of anilines is 1. The van der Waals surface area contributed by atoms with E-state index in [2.05, 4.69) is 26.1 Å². The van der Waals surface area contributed by atoms with Gasteiger partial charge in [0.25, 0.3) is 5.91 Å². The highest BCUT2D eigenvalue weighted by molar-refractivity contribution is 6.04. The summed E-state index contributed by atoms with van der Waals surface area (Å²) < 4.78 is 11.5. The maximum Gasteiger partial charge on any atom is 0.255 e. The van der Waals surface area contributed by atoms with Gasteiger partial charge in [0.05, 0.1) is 13.2 Å². The van der Waals surface area contributed by atoms with Crippen molar-refractivity contribution in [2.75, 3.05) is 18.5 Å². The maximum atomic E-state index is 12.5. The molecule has 0 fully saturated rings. The van der Waals surface area contributed by atoms with Gasteiger partial charge in [-0.05, 0) is 48.7 Å². The van der Waals surface area contributed by atoms with E-state index in [9.17, 15) is 4.79 Å². The summed E-state index contributed by atoms with van der Waals surface area (Å²) in [5, 5.41) is 2.92. The van der Waals surface area contributed by atoms with Crippen molar-refractivity contribution in [2.24, 2.45) is 5.92 Å². The molecule has 0 atom stereocenters. The number of nitrogens with one attached hydrogen (secondary N) is 1. The Bertz CT molecular complexity index is 710. The van der Waals surface area contributed by atoms with Crippen LogP contribution in [0.1, 0.15) is 63.2 Å². The smallest absolute Gasteiger partial charge is 0.255 e. The molecule has 4 nitrogen and oxygen atoms in total. The summed E-state index contributed by atoms with van der Waals surface area (Å²) in [6.45, 7) is 7.79. The number of carbonyl (C=O) groups is 1. The van der Waals surface area contributed by atoms with Crippen molar-refractivity contribution >= 4 is 11.6 Å². The average molecular weight is 384 g/mol. The molecule has 0 aliphatic heterocycles. The first-order valence-electron chi connectivity index (χ1n) is 10.4. The molecule has 2 aromatic rings. The van der Waals surface area contributed by atoms with Crippen LogP contribution in [0, 0.1) is 5.92 Å². The zero-order valence-corrected chi connectivity index (χ0v) is 17.4. The number of hydrogen-bond donors (Lipinski definition) is 1. The fourth-order valence-corrected chi connectivity index (χ4v) is 2.73. The van der Waals surface area contributed by atoms with Crippen molar-refractivity contribution < 1.29 is 14.3 Å². The van der Waals surface area contributed by atoms with Crippen LogP contribution < -0.4 is 14.8 Å². The number of hydrogen-bond acceptors (Lipinski definition) is 3. The monoisotopic (exact) mass is 383 g/mol. The highest BCUT2D eigenvalue weighted by Gasteiger charge is 2.07. The van der Waals surface area contributed by atoms with Gasteiger partial charge in [0, 0.05) is 17.3 Å². The third-order valence-electron chi connectivity index (χ3n) is 4.31. The largest absolute Gasteiger partial charge is 0.494 e. The normalized spacial score (nSPS) is 10.7. The molecule has 0 heterocycles. The molecule has 1 amide bonds. The Hall–Kier alpha value is -2.49. The zero-order valence-electron chi connectivity index (χ0n) is 17.4. The van der Waals surface area contributed by atoms with Gasteiger partial charge in [-0.3, -0.25) is 4.79 Å². The summed E-state index contributed by atoms with van der Waals surface area (Å²) in [6, 6.07) is 14.8. The third-order valence-corrected chi connectivity index (χ3v) is 4.31. The molecule has 0 saturated carbocycles. The van der Waals surface area contributed by atoms with E-state index in [1.54, 1.807) is 12.1 Å². The molecule has 152 valence electrons. The first kappa shape index (κ1) is 21.8. The standard InChI is InChI=1S/C24H33NO3/c1-4-5-6-7-8-16-27-22-14-12-20(13-15-22)24(26)25-21-10-9-11-23(17-21)28-18-19(2)3/h9-15,17,19H,4-8,16,18H2,1-3H3,(H,25,26). The number of amides is 1. The van der Waals surface area contributed by atoms with E-state index in [4.69, 9.17) is 9.47 Å². The molecule has 0 bridgehead atoms. The van der Waals surface area contributed by atoms with E-state index in [-0.39, 0.29) is 5.91 Å². The van der Waals surface area contributed by atoms with Gasteiger partial charge in [-0.1, -0.05) is 52.5 Å². The molecule has 0 saturated heterocycles. The molecule has 1 N–H and O–H groups in total. The van der Waals surface area contributed by atoms with Gasteiger partial charge in [-0.2, -0.15) is 0 Å². The van der Waals surface area contributed by atoms with Gasteiger partial charge in [-0.15, -0.1) is 0 Å². The Labute approximate surface area is 169 Å². The first-order chi connectivity index (χ1) is 13.6. The van der Waals surface area contributed by atoms with Crippen molar-refractivity contribution in [3.8, 4) is 11.5 Å². The molecule has 0 aliphatic rings. The zero-order chi connectivity index (χ0) is 20.2. The molecule has 2 aromatic carbocycles. The Morgan fingerprint density at radius 3 is 2.39 bits per heavy atom. The number of unbranched alkanes of at least 4 members (excludes halogenated alkanes) is 4. The highest BCUT2D eigenvalue weighted by atomic mass is 16.5. The second-order valence-corrected chi connectivity index (χ2v) is 7.47. The summed E-state index contributed by atoms with van der Waals surface area (Å²) in [6.07, 6.45) is 6.07. The molecule has 0 aromatic heterocycles. The van der Waals surface area contributed by atoms with Gasteiger partial charge >= 0.3 is 0 Å². The molecule has 0 radical (unpaired) electrons. The number of benzene rings is 2. The lowest BCUT2D eigenvalue weighted by Gasteiger charge is -2.11. The second-order valence-electron chi connectivity index (χ2n) is 7.47. The highest BCUT2D eigenvalue weighted by Crippen LogP contribution is 2.20. The summed E-state index contributed by atoms with van der Waals surface area (Å²) in [5.41, 5.74) is 1.32. The number of ether oxygens (including phenoxy) is 2. The Morgan fingerprint density at radius 1 is 0.929 bits per heavy atom. The molecule has 0 aliphatic carbocycles. The van der Waals surface area contributed by atoms with Crippen molar-refractivity contribution in [2.45, 2.75) is 52.9 Å². The van der Waals surface area contributed by atoms with E-state index in [1.807, 2.05) is 36.4 Å². The fourth-order valence-electron chi connectivity index (χ4n) is 2.73. The average Bonchev–Trinajstić information content (AvgIpc) is 2.70. The third kappa shape index (κ3) is 8.03. The van der Waals surface area contributed by atoms with E-state index in [0.717, 1.165) is 30.2 Å². The summed E-state index contributed by atoms with van der Waals surface area (Å²) in [4.78, 5) is 12.5. The second kappa shape index (κ2) is 12.1. The van der Waals surface area contributed by atoms with Crippen LogP contribution in [-0.4, -0.2) is 19.1 Å². The molecular weight excluding hydrogens is 350 g/mol. The van der Waals surface area contributed by atoms with Gasteiger partial charge < -0.3 is 14.8 Å². The molecule has 2 rings (SSSR count). The summed E-state index contributed by atoms with van der Waals surface area (Å²) in [7, 11) is 0. The van der Waals surface area contributed by atoms with Crippen LogP contribution >= 0.6 is 0 Å². The van der Waals surface area contributed by atoms with Crippen molar-refractivity contribution in [3.05, 3.63) is 54.1 Å². The Balaban J connectivity index is 1.81. The van der Waals surface area contributed by atoms with Crippen molar-refractivity contribution in [1.82, 2.24) is 0 Å². The van der Waals surface area contributed by atoms with Crippen LogP contribution in [0.4, 0.5) is 5.69 Å². The van der Waals surface area contributed by atoms with Crippen molar-refractivity contribution in [1.29, 1.82) is 0 Å². The lowest BCUT2D eigenvalue weighted by molar-refractivity contribution is 0.102. The molecule has 4 heteroatoms. The topological polar surface area (TPSA) is 47.6 Å². The number of carbonyl (C=O) groups excluding carboxylic acids is 1. The number of rotatable bonds is 12. The maximum absolute atomic E-state index is 12.5. The van der Waals surface area contributed by atoms with Gasteiger partial charge in [0.2, 0.25) is 0 Å².